The summed E-state index contributed by atoms with van der Waals surface area (Å²) in [5, 5.41) is 2.37. The Kier molecular flexibility index (Phi) is 11.6. The molecule has 1 N–H and O–H groups in total. The van der Waals surface area contributed by atoms with Gasteiger partial charge in [-0.3, -0.25) is 4.79 Å². The molecule has 1 atom stereocenters. The second kappa shape index (κ2) is 13.3. The molecule has 0 radical (unpaired) electrons. The largest absolute Gasteiger partial charge is 0.464 e. The highest BCUT2D eigenvalue weighted by molar-refractivity contribution is 5.97. The fourth-order valence-corrected chi connectivity index (χ4v) is 3.11. The number of hydrogen-bond acceptors (Lipinski definition) is 3. The van der Waals surface area contributed by atoms with Crippen LogP contribution in [0.3, 0.4) is 0 Å². The van der Waals surface area contributed by atoms with Crippen molar-refractivity contribution in [3.63, 3.8) is 0 Å². The molecule has 0 saturated heterocycles. The highest BCUT2D eigenvalue weighted by Gasteiger charge is 2.33. The van der Waals surface area contributed by atoms with Crippen molar-refractivity contribution in [3.8, 4) is 0 Å². The molecular weight excluding hydrogens is 414 g/mol. The van der Waals surface area contributed by atoms with Crippen LogP contribution in [0.15, 0.2) is 18.2 Å². The van der Waals surface area contributed by atoms with E-state index >= 15 is 0 Å². The highest BCUT2D eigenvalue weighted by atomic mass is 19.4. The van der Waals surface area contributed by atoms with Crippen molar-refractivity contribution in [2.45, 2.75) is 84.4 Å². The van der Waals surface area contributed by atoms with Crippen molar-refractivity contribution in [1.29, 1.82) is 0 Å². The SMILES string of the molecule is CCCCCCCCCCOC(=O)C(NC(=O)c1cc(F)cc(C(F)(F)F)c1)C(C)C. The molecule has 0 aromatic heterocycles. The van der Waals surface area contributed by atoms with Crippen LogP contribution in [0.2, 0.25) is 0 Å². The van der Waals surface area contributed by atoms with E-state index < -0.39 is 41.0 Å². The van der Waals surface area contributed by atoms with Crippen molar-refractivity contribution in [3.05, 3.63) is 35.1 Å². The Hall–Kier alpha value is -2.12. The summed E-state index contributed by atoms with van der Waals surface area (Å²) in [7, 11) is 0. The smallest absolute Gasteiger partial charge is 0.416 e. The fourth-order valence-electron chi connectivity index (χ4n) is 3.11. The average molecular weight is 448 g/mol. The molecule has 0 bridgehead atoms. The van der Waals surface area contributed by atoms with Gasteiger partial charge in [-0.15, -0.1) is 0 Å². The second-order valence-electron chi connectivity index (χ2n) is 8.06. The molecule has 176 valence electrons. The quantitative estimate of drug-likeness (QED) is 0.220. The third-order valence-electron chi connectivity index (χ3n) is 4.94. The predicted octanol–water partition coefficient (Wildman–Crippen LogP) is 6.28. The maximum absolute atomic E-state index is 13.6. The van der Waals surface area contributed by atoms with E-state index in [9.17, 15) is 27.2 Å². The summed E-state index contributed by atoms with van der Waals surface area (Å²) in [6, 6.07) is 0.531. The van der Waals surface area contributed by atoms with Crippen LogP contribution < -0.4 is 5.32 Å². The van der Waals surface area contributed by atoms with Crippen molar-refractivity contribution in [1.82, 2.24) is 5.32 Å². The van der Waals surface area contributed by atoms with E-state index in [2.05, 4.69) is 12.2 Å². The lowest BCUT2D eigenvalue weighted by Gasteiger charge is -2.21. The number of rotatable bonds is 13. The summed E-state index contributed by atoms with van der Waals surface area (Å²) in [6.07, 6.45) is 3.93. The average Bonchev–Trinajstić information content (AvgIpc) is 2.69. The first-order valence-electron chi connectivity index (χ1n) is 10.9. The van der Waals surface area contributed by atoms with Gasteiger partial charge in [0.05, 0.1) is 12.2 Å². The predicted molar refractivity (Wildman–Crippen MR) is 111 cm³/mol. The first kappa shape index (κ1) is 26.9. The number of ether oxygens (including phenoxy) is 1. The number of esters is 1. The first-order valence-corrected chi connectivity index (χ1v) is 10.9. The van der Waals surface area contributed by atoms with Crippen LogP contribution in [0, 0.1) is 11.7 Å². The molecule has 4 nitrogen and oxygen atoms in total. The Balaban J connectivity index is 2.56. The molecule has 1 aromatic carbocycles. The van der Waals surface area contributed by atoms with Crippen LogP contribution in [0.5, 0.6) is 0 Å². The number of carbonyl (C=O) groups is 2. The first-order chi connectivity index (χ1) is 14.6. The number of hydrogen-bond donors (Lipinski definition) is 1. The number of halogens is 4. The van der Waals surface area contributed by atoms with Crippen molar-refractivity contribution in [2.75, 3.05) is 6.61 Å². The molecule has 8 heteroatoms. The van der Waals surface area contributed by atoms with Crippen molar-refractivity contribution < 1.29 is 31.9 Å². The Bertz CT molecular complexity index is 705. The number of alkyl halides is 3. The number of nitrogens with one attached hydrogen (secondary N) is 1. The zero-order valence-corrected chi connectivity index (χ0v) is 18.5. The lowest BCUT2D eigenvalue weighted by molar-refractivity contribution is -0.147. The van der Waals surface area contributed by atoms with Crippen LogP contribution in [0.1, 0.15) is 88.1 Å². The summed E-state index contributed by atoms with van der Waals surface area (Å²) >= 11 is 0. The zero-order valence-electron chi connectivity index (χ0n) is 18.5. The minimum absolute atomic E-state index is 0.213. The molecule has 31 heavy (non-hydrogen) atoms. The van der Waals surface area contributed by atoms with Crippen LogP contribution in [-0.2, 0) is 15.7 Å². The minimum atomic E-state index is -4.79. The van der Waals surface area contributed by atoms with Gasteiger partial charge < -0.3 is 10.1 Å². The van der Waals surface area contributed by atoms with Crippen LogP contribution >= 0.6 is 0 Å². The maximum atomic E-state index is 13.6. The van der Waals surface area contributed by atoms with Gasteiger partial charge >= 0.3 is 12.1 Å². The van der Waals surface area contributed by atoms with E-state index in [1.54, 1.807) is 13.8 Å². The third kappa shape index (κ3) is 10.2. The van der Waals surface area contributed by atoms with Crippen LogP contribution in [0.25, 0.3) is 0 Å². The number of amides is 1. The van der Waals surface area contributed by atoms with Gasteiger partial charge in [-0.1, -0.05) is 65.7 Å². The molecule has 0 aliphatic rings. The normalized spacial score (nSPS) is 12.6. The van der Waals surface area contributed by atoms with E-state index in [1.165, 1.54) is 25.7 Å². The second-order valence-corrected chi connectivity index (χ2v) is 8.06. The topological polar surface area (TPSA) is 55.4 Å². The van der Waals surface area contributed by atoms with Crippen LogP contribution in [-0.4, -0.2) is 24.5 Å². The van der Waals surface area contributed by atoms with E-state index in [0.29, 0.717) is 24.6 Å². The van der Waals surface area contributed by atoms with Gasteiger partial charge in [0.1, 0.15) is 11.9 Å². The third-order valence-corrected chi connectivity index (χ3v) is 4.94. The molecule has 1 unspecified atom stereocenters. The standard InChI is InChI=1S/C23H33F4NO3/c1-4-5-6-7-8-9-10-11-12-31-22(30)20(16(2)3)28-21(29)17-13-18(23(25,26)27)15-19(24)14-17/h13-16,20H,4-12H2,1-3H3,(H,28,29). The van der Waals surface area contributed by atoms with Gasteiger partial charge in [0, 0.05) is 5.56 Å². The Labute approximate surface area is 181 Å². The lowest BCUT2D eigenvalue weighted by atomic mass is 10.0. The van der Waals surface area contributed by atoms with Gasteiger partial charge in [-0.25, -0.2) is 9.18 Å². The number of benzene rings is 1. The molecule has 0 aliphatic carbocycles. The van der Waals surface area contributed by atoms with Gasteiger partial charge in [-0.2, -0.15) is 13.2 Å². The van der Waals surface area contributed by atoms with Crippen LogP contribution in [0.4, 0.5) is 17.6 Å². The molecule has 1 rings (SSSR count). The number of carbonyl (C=O) groups excluding carboxylic acids is 2. The van der Waals surface area contributed by atoms with E-state index in [0.717, 1.165) is 19.3 Å². The van der Waals surface area contributed by atoms with Gasteiger partial charge in [0.15, 0.2) is 0 Å². The minimum Gasteiger partial charge on any atom is -0.464 e. The summed E-state index contributed by atoms with van der Waals surface area (Å²) in [4.78, 5) is 24.7. The summed E-state index contributed by atoms with van der Waals surface area (Å²) in [6.45, 7) is 5.73. The van der Waals surface area contributed by atoms with E-state index in [1.807, 2.05) is 0 Å². The van der Waals surface area contributed by atoms with E-state index in [4.69, 9.17) is 4.74 Å². The van der Waals surface area contributed by atoms with Gasteiger partial charge in [0.2, 0.25) is 0 Å². The highest BCUT2D eigenvalue weighted by Crippen LogP contribution is 2.30. The molecule has 0 fully saturated rings. The van der Waals surface area contributed by atoms with Gasteiger partial charge in [0.25, 0.3) is 5.91 Å². The van der Waals surface area contributed by atoms with Gasteiger partial charge in [-0.05, 0) is 30.5 Å². The molecule has 0 saturated carbocycles. The Morgan fingerprint density at radius 2 is 1.55 bits per heavy atom. The maximum Gasteiger partial charge on any atom is 0.416 e. The lowest BCUT2D eigenvalue weighted by Crippen LogP contribution is -2.45. The fraction of sp³-hybridized carbons (Fsp3) is 0.652. The number of unbranched alkanes of at least 4 members (excludes halogenated alkanes) is 7. The molecule has 0 spiro atoms. The molecular formula is C23H33F4NO3. The summed E-state index contributed by atoms with van der Waals surface area (Å²) in [5.74, 6) is -3.16. The monoisotopic (exact) mass is 447 g/mol. The Morgan fingerprint density at radius 3 is 2.10 bits per heavy atom. The summed E-state index contributed by atoms with van der Waals surface area (Å²) in [5.41, 5.74) is -1.77. The molecule has 1 aromatic rings. The van der Waals surface area contributed by atoms with Crippen molar-refractivity contribution in [2.24, 2.45) is 5.92 Å². The van der Waals surface area contributed by atoms with Crippen molar-refractivity contribution >= 4 is 11.9 Å². The summed E-state index contributed by atoms with van der Waals surface area (Å²) < 4.78 is 57.4. The Morgan fingerprint density at radius 1 is 0.968 bits per heavy atom. The van der Waals surface area contributed by atoms with E-state index in [-0.39, 0.29) is 12.5 Å². The molecule has 0 heterocycles. The molecule has 1 amide bonds. The molecule has 0 aliphatic heterocycles. The zero-order chi connectivity index (χ0) is 23.4.